The Morgan fingerprint density at radius 3 is 2.73 bits per heavy atom. The molecule has 0 spiro atoms. The lowest BCUT2D eigenvalue weighted by molar-refractivity contribution is -0.154. The fraction of sp³-hybridized carbons (Fsp3) is 0.818. The average molecular weight is 211 g/mol. The molecule has 1 aliphatic carbocycles. The molecule has 0 heterocycles. The molecular formula is C11H17NO3. The topological polar surface area (TPSA) is 59.3 Å². The normalized spacial score (nSPS) is 19.0. The van der Waals surface area contributed by atoms with Crippen molar-refractivity contribution in [2.24, 2.45) is 11.3 Å². The van der Waals surface area contributed by atoms with Crippen LogP contribution in [0.5, 0.6) is 0 Å². The SMILES string of the molecule is CCOC(=O)C(C)(C#N)COCC1CC1. The van der Waals surface area contributed by atoms with E-state index in [1.807, 2.05) is 6.07 Å². The van der Waals surface area contributed by atoms with Gasteiger partial charge in [0.1, 0.15) is 0 Å². The Kier molecular flexibility index (Phi) is 4.10. The highest BCUT2D eigenvalue weighted by atomic mass is 16.5. The van der Waals surface area contributed by atoms with E-state index in [9.17, 15) is 4.79 Å². The molecule has 0 aromatic heterocycles. The van der Waals surface area contributed by atoms with Crippen molar-refractivity contribution in [1.82, 2.24) is 0 Å². The van der Waals surface area contributed by atoms with Gasteiger partial charge in [-0.3, -0.25) is 4.79 Å². The third-order valence-electron chi connectivity index (χ3n) is 2.41. The van der Waals surface area contributed by atoms with Crippen LogP contribution in [-0.2, 0) is 14.3 Å². The van der Waals surface area contributed by atoms with Gasteiger partial charge in [-0.1, -0.05) is 0 Å². The van der Waals surface area contributed by atoms with Crippen LogP contribution >= 0.6 is 0 Å². The Morgan fingerprint density at radius 2 is 2.27 bits per heavy atom. The van der Waals surface area contributed by atoms with Crippen molar-refractivity contribution in [2.45, 2.75) is 26.7 Å². The van der Waals surface area contributed by atoms with E-state index in [-0.39, 0.29) is 6.61 Å². The van der Waals surface area contributed by atoms with Crippen LogP contribution in [0.4, 0.5) is 0 Å². The van der Waals surface area contributed by atoms with Gasteiger partial charge in [-0.15, -0.1) is 0 Å². The van der Waals surface area contributed by atoms with E-state index in [1.54, 1.807) is 13.8 Å². The number of hydrogen-bond acceptors (Lipinski definition) is 4. The highest BCUT2D eigenvalue weighted by molar-refractivity contribution is 5.79. The van der Waals surface area contributed by atoms with Crippen LogP contribution in [0.3, 0.4) is 0 Å². The van der Waals surface area contributed by atoms with Crippen molar-refractivity contribution in [3.8, 4) is 6.07 Å². The summed E-state index contributed by atoms with van der Waals surface area (Å²) in [6, 6.07) is 1.96. The molecule has 0 aliphatic heterocycles. The van der Waals surface area contributed by atoms with Crippen LogP contribution in [0.1, 0.15) is 26.7 Å². The minimum absolute atomic E-state index is 0.124. The van der Waals surface area contributed by atoms with Crippen molar-refractivity contribution in [1.29, 1.82) is 5.26 Å². The van der Waals surface area contributed by atoms with E-state index in [0.717, 1.165) is 0 Å². The first kappa shape index (κ1) is 12.0. The van der Waals surface area contributed by atoms with E-state index in [1.165, 1.54) is 12.8 Å². The van der Waals surface area contributed by atoms with Gasteiger partial charge in [0.25, 0.3) is 0 Å². The van der Waals surface area contributed by atoms with E-state index in [0.29, 0.717) is 19.1 Å². The van der Waals surface area contributed by atoms with E-state index in [2.05, 4.69) is 0 Å². The van der Waals surface area contributed by atoms with Gasteiger partial charge in [-0.25, -0.2) is 0 Å². The molecule has 4 nitrogen and oxygen atoms in total. The molecule has 0 bridgehead atoms. The summed E-state index contributed by atoms with van der Waals surface area (Å²) in [5.74, 6) is 0.137. The van der Waals surface area contributed by atoms with E-state index in [4.69, 9.17) is 14.7 Å². The molecule has 0 saturated heterocycles. The first-order valence-electron chi connectivity index (χ1n) is 5.28. The fourth-order valence-corrected chi connectivity index (χ4v) is 1.14. The largest absolute Gasteiger partial charge is 0.465 e. The van der Waals surface area contributed by atoms with Crippen LogP contribution in [0.25, 0.3) is 0 Å². The third-order valence-corrected chi connectivity index (χ3v) is 2.41. The number of nitriles is 1. The Labute approximate surface area is 90.2 Å². The zero-order valence-electron chi connectivity index (χ0n) is 9.28. The quantitative estimate of drug-likeness (QED) is 0.625. The minimum atomic E-state index is -1.16. The zero-order chi connectivity index (χ0) is 11.3. The molecule has 84 valence electrons. The maximum Gasteiger partial charge on any atom is 0.328 e. The lowest BCUT2D eigenvalue weighted by Gasteiger charge is -2.19. The molecule has 1 saturated carbocycles. The standard InChI is InChI=1S/C11H17NO3/c1-3-15-10(13)11(2,7-12)8-14-6-9-4-5-9/h9H,3-6,8H2,1-2H3. The maximum atomic E-state index is 11.5. The average Bonchev–Trinajstić information content (AvgIpc) is 3.02. The first-order valence-corrected chi connectivity index (χ1v) is 5.28. The molecule has 15 heavy (non-hydrogen) atoms. The highest BCUT2D eigenvalue weighted by Gasteiger charge is 2.36. The summed E-state index contributed by atoms with van der Waals surface area (Å²) in [6.45, 7) is 4.34. The maximum absolute atomic E-state index is 11.5. The van der Waals surface area contributed by atoms with Gasteiger partial charge in [0.05, 0.1) is 19.3 Å². The number of nitrogens with zero attached hydrogens (tertiary/aromatic N) is 1. The van der Waals surface area contributed by atoms with Crippen LogP contribution in [0.2, 0.25) is 0 Å². The number of ether oxygens (including phenoxy) is 2. The molecule has 1 rings (SSSR count). The molecule has 0 N–H and O–H groups in total. The molecule has 0 aromatic carbocycles. The molecule has 0 radical (unpaired) electrons. The summed E-state index contributed by atoms with van der Waals surface area (Å²) in [4.78, 5) is 11.5. The van der Waals surface area contributed by atoms with E-state index < -0.39 is 11.4 Å². The second-order valence-electron chi connectivity index (χ2n) is 4.12. The van der Waals surface area contributed by atoms with Crippen molar-refractivity contribution < 1.29 is 14.3 Å². The highest BCUT2D eigenvalue weighted by Crippen LogP contribution is 2.29. The van der Waals surface area contributed by atoms with Crippen molar-refractivity contribution in [3.63, 3.8) is 0 Å². The summed E-state index contributed by atoms with van der Waals surface area (Å²) < 4.78 is 10.2. The summed E-state index contributed by atoms with van der Waals surface area (Å²) >= 11 is 0. The Bertz CT molecular complexity index is 267. The molecule has 1 fully saturated rings. The van der Waals surface area contributed by atoms with Crippen molar-refractivity contribution in [2.75, 3.05) is 19.8 Å². The Balaban J connectivity index is 2.36. The van der Waals surface area contributed by atoms with Gasteiger partial charge in [-0.05, 0) is 32.6 Å². The van der Waals surface area contributed by atoms with Gasteiger partial charge in [0.15, 0.2) is 5.41 Å². The smallest absolute Gasteiger partial charge is 0.328 e. The predicted molar refractivity (Wildman–Crippen MR) is 53.9 cm³/mol. The first-order chi connectivity index (χ1) is 7.12. The van der Waals surface area contributed by atoms with Crippen LogP contribution in [0, 0.1) is 22.7 Å². The molecule has 4 heteroatoms. The summed E-state index contributed by atoms with van der Waals surface area (Å²) in [5.41, 5.74) is -1.16. The fourth-order valence-electron chi connectivity index (χ4n) is 1.14. The monoisotopic (exact) mass is 211 g/mol. The minimum Gasteiger partial charge on any atom is -0.465 e. The Morgan fingerprint density at radius 1 is 1.60 bits per heavy atom. The lowest BCUT2D eigenvalue weighted by atomic mass is 9.94. The summed E-state index contributed by atoms with van der Waals surface area (Å²) in [7, 11) is 0. The van der Waals surface area contributed by atoms with Crippen molar-refractivity contribution >= 4 is 5.97 Å². The molecule has 1 atom stereocenters. The van der Waals surface area contributed by atoms with Gasteiger partial charge in [0.2, 0.25) is 0 Å². The number of carbonyl (C=O) groups excluding carboxylic acids is 1. The second-order valence-corrected chi connectivity index (χ2v) is 4.12. The number of rotatable bonds is 6. The predicted octanol–water partition coefficient (Wildman–Crippen LogP) is 1.51. The second kappa shape index (κ2) is 5.13. The van der Waals surface area contributed by atoms with Crippen LogP contribution < -0.4 is 0 Å². The van der Waals surface area contributed by atoms with Gasteiger partial charge in [-0.2, -0.15) is 5.26 Å². The lowest BCUT2D eigenvalue weighted by Crippen LogP contribution is -2.33. The summed E-state index contributed by atoms with van der Waals surface area (Å²) in [6.07, 6.45) is 2.39. The molecule has 0 amide bonds. The van der Waals surface area contributed by atoms with E-state index >= 15 is 0 Å². The van der Waals surface area contributed by atoms with Crippen LogP contribution in [0.15, 0.2) is 0 Å². The number of esters is 1. The third kappa shape index (κ3) is 3.52. The molecule has 0 aromatic rings. The Hall–Kier alpha value is -1.08. The number of carbonyl (C=O) groups is 1. The summed E-state index contributed by atoms with van der Waals surface area (Å²) in [5, 5.41) is 8.93. The van der Waals surface area contributed by atoms with Gasteiger partial charge in [0, 0.05) is 6.61 Å². The van der Waals surface area contributed by atoms with Gasteiger partial charge >= 0.3 is 5.97 Å². The number of hydrogen-bond donors (Lipinski definition) is 0. The molecule has 1 unspecified atom stereocenters. The van der Waals surface area contributed by atoms with Crippen LogP contribution in [-0.4, -0.2) is 25.8 Å². The van der Waals surface area contributed by atoms with Crippen molar-refractivity contribution in [3.05, 3.63) is 0 Å². The van der Waals surface area contributed by atoms with Gasteiger partial charge < -0.3 is 9.47 Å². The zero-order valence-corrected chi connectivity index (χ0v) is 9.28. The molecule has 1 aliphatic rings. The molecular weight excluding hydrogens is 194 g/mol.